The Balaban J connectivity index is 1.36. The minimum Gasteiger partial charge on any atom is -0.491 e. The summed E-state index contributed by atoms with van der Waals surface area (Å²) in [7, 11) is 0. The fraction of sp³-hybridized carbons (Fsp3) is 0.345. The molecular formula is C29H33FN2O4S. The first-order chi connectivity index (χ1) is 18.0. The number of carbonyl (C=O) groups excluding carboxylic acids is 1. The Labute approximate surface area is 221 Å². The molecule has 0 saturated carbocycles. The van der Waals surface area contributed by atoms with E-state index in [-0.39, 0.29) is 44.1 Å². The van der Waals surface area contributed by atoms with Crippen LogP contribution < -0.4 is 4.74 Å². The van der Waals surface area contributed by atoms with E-state index < -0.39 is 6.10 Å². The lowest BCUT2D eigenvalue weighted by Crippen LogP contribution is -2.48. The molecule has 2 heterocycles. The summed E-state index contributed by atoms with van der Waals surface area (Å²) in [5, 5.41) is 12.6. The van der Waals surface area contributed by atoms with Crippen LogP contribution in [0.2, 0.25) is 0 Å². The number of benzene rings is 2. The van der Waals surface area contributed by atoms with Crippen LogP contribution in [-0.2, 0) is 22.6 Å². The van der Waals surface area contributed by atoms with Crippen molar-refractivity contribution in [2.75, 3.05) is 39.4 Å². The second-order valence-electron chi connectivity index (χ2n) is 9.06. The maximum atomic E-state index is 13.6. The summed E-state index contributed by atoms with van der Waals surface area (Å²) >= 11 is 1.68. The Morgan fingerprint density at radius 2 is 2.08 bits per heavy atom. The molecular weight excluding hydrogens is 491 g/mol. The molecule has 0 spiro atoms. The highest BCUT2D eigenvalue weighted by molar-refractivity contribution is 7.10. The zero-order chi connectivity index (χ0) is 26.0. The van der Waals surface area contributed by atoms with Gasteiger partial charge in [-0.2, -0.15) is 0 Å². The number of hydrogen-bond acceptors (Lipinski definition) is 6. The van der Waals surface area contributed by atoms with Crippen molar-refractivity contribution in [1.29, 1.82) is 0 Å². The largest absolute Gasteiger partial charge is 0.491 e. The molecule has 0 bridgehead atoms. The molecule has 0 aliphatic carbocycles. The van der Waals surface area contributed by atoms with Gasteiger partial charge in [0.15, 0.2) is 0 Å². The smallest absolute Gasteiger partial charge is 0.237 e. The molecule has 1 aromatic heterocycles. The molecule has 0 unspecified atom stereocenters. The van der Waals surface area contributed by atoms with Gasteiger partial charge in [0, 0.05) is 30.6 Å². The fourth-order valence-corrected chi connectivity index (χ4v) is 5.44. The van der Waals surface area contributed by atoms with Crippen molar-refractivity contribution >= 4 is 17.2 Å². The predicted octanol–water partition coefficient (Wildman–Crippen LogP) is 4.46. The lowest BCUT2D eigenvalue weighted by Gasteiger charge is -2.37. The van der Waals surface area contributed by atoms with Crippen molar-refractivity contribution in [3.63, 3.8) is 0 Å². The molecule has 0 radical (unpaired) electrons. The van der Waals surface area contributed by atoms with E-state index in [1.807, 2.05) is 51.6 Å². The molecule has 0 saturated heterocycles. The number of carbonyl (C=O) groups is 1. The van der Waals surface area contributed by atoms with E-state index in [9.17, 15) is 14.3 Å². The first-order valence-electron chi connectivity index (χ1n) is 12.4. The van der Waals surface area contributed by atoms with Crippen molar-refractivity contribution < 1.29 is 23.8 Å². The second kappa shape index (κ2) is 13.5. The zero-order valence-electron chi connectivity index (χ0n) is 20.8. The highest BCUT2D eigenvalue weighted by atomic mass is 32.1. The standard InChI is InChI=1S/C29H33FN2O4S/c1-2-13-31(17-24(33)20-35-19-22-7-4-3-5-8-22)18-29(34)32-14-11-28-26(12-15-37-28)27(32)21-36-25-10-6-9-23(30)16-25/h2-10,12,15-16,24,27,33H,1,11,13-14,17-21H2/t24-,27-/m0/s1. The molecule has 3 aromatic rings. The van der Waals surface area contributed by atoms with E-state index in [1.54, 1.807) is 29.5 Å². The van der Waals surface area contributed by atoms with Crippen molar-refractivity contribution in [2.45, 2.75) is 25.2 Å². The molecule has 196 valence electrons. The number of hydrogen-bond donors (Lipinski definition) is 1. The van der Waals surface area contributed by atoms with Gasteiger partial charge in [-0.3, -0.25) is 9.69 Å². The van der Waals surface area contributed by atoms with Gasteiger partial charge in [0.25, 0.3) is 0 Å². The summed E-state index contributed by atoms with van der Waals surface area (Å²) < 4.78 is 25.2. The van der Waals surface area contributed by atoms with Crippen LogP contribution in [0.4, 0.5) is 4.39 Å². The SMILES string of the molecule is C=CCN(CC(=O)N1CCc2sccc2[C@@H]1COc1cccc(F)c1)C[C@H](O)COCc1ccccc1. The second-order valence-corrected chi connectivity index (χ2v) is 10.1. The highest BCUT2D eigenvalue weighted by Crippen LogP contribution is 2.34. The van der Waals surface area contributed by atoms with E-state index >= 15 is 0 Å². The molecule has 0 fully saturated rings. The number of nitrogens with zero attached hydrogens (tertiary/aromatic N) is 2. The molecule has 1 N–H and O–H groups in total. The molecule has 4 rings (SSSR count). The van der Waals surface area contributed by atoms with Crippen LogP contribution in [0.15, 0.2) is 78.7 Å². The van der Waals surface area contributed by atoms with E-state index in [0.29, 0.717) is 25.4 Å². The van der Waals surface area contributed by atoms with Crippen molar-refractivity contribution in [3.05, 3.63) is 101 Å². The Bertz CT molecular complexity index is 1160. The number of fused-ring (bicyclic) bond motifs is 1. The number of halogens is 1. The maximum absolute atomic E-state index is 13.6. The van der Waals surface area contributed by atoms with Crippen LogP contribution in [0.3, 0.4) is 0 Å². The highest BCUT2D eigenvalue weighted by Gasteiger charge is 2.33. The quantitative estimate of drug-likeness (QED) is 0.335. The minimum absolute atomic E-state index is 0.0519. The first kappa shape index (κ1) is 27.0. The summed E-state index contributed by atoms with van der Waals surface area (Å²) in [6.45, 7) is 6.09. The van der Waals surface area contributed by atoms with Gasteiger partial charge in [-0.15, -0.1) is 17.9 Å². The van der Waals surface area contributed by atoms with Crippen LogP contribution in [0.25, 0.3) is 0 Å². The monoisotopic (exact) mass is 524 g/mol. The summed E-state index contributed by atoms with van der Waals surface area (Å²) in [6, 6.07) is 17.6. The molecule has 6 nitrogen and oxygen atoms in total. The molecule has 1 aliphatic rings. The number of rotatable bonds is 13. The topological polar surface area (TPSA) is 62.2 Å². The van der Waals surface area contributed by atoms with E-state index in [1.165, 1.54) is 17.0 Å². The van der Waals surface area contributed by atoms with Crippen LogP contribution in [-0.4, -0.2) is 66.3 Å². The molecule has 37 heavy (non-hydrogen) atoms. The Morgan fingerprint density at radius 3 is 2.86 bits per heavy atom. The van der Waals surface area contributed by atoms with Crippen LogP contribution >= 0.6 is 11.3 Å². The summed E-state index contributed by atoms with van der Waals surface area (Å²) in [5.74, 6) is 0.0160. The maximum Gasteiger partial charge on any atom is 0.237 e. The van der Waals surface area contributed by atoms with Gasteiger partial charge in [-0.25, -0.2) is 4.39 Å². The van der Waals surface area contributed by atoms with Crippen LogP contribution in [0.5, 0.6) is 5.75 Å². The third kappa shape index (κ3) is 7.72. The molecule has 2 aromatic carbocycles. The van der Waals surface area contributed by atoms with Gasteiger partial charge in [-0.1, -0.05) is 42.5 Å². The average Bonchev–Trinajstić information content (AvgIpc) is 3.37. The van der Waals surface area contributed by atoms with Gasteiger partial charge in [0.2, 0.25) is 5.91 Å². The zero-order valence-corrected chi connectivity index (χ0v) is 21.6. The van der Waals surface area contributed by atoms with Crippen LogP contribution in [0, 0.1) is 5.82 Å². The third-order valence-electron chi connectivity index (χ3n) is 6.26. The van der Waals surface area contributed by atoms with Crippen molar-refractivity contribution in [2.24, 2.45) is 0 Å². The van der Waals surface area contributed by atoms with Gasteiger partial charge in [0.1, 0.15) is 18.2 Å². The molecule has 1 aliphatic heterocycles. The van der Waals surface area contributed by atoms with E-state index in [2.05, 4.69) is 6.58 Å². The van der Waals surface area contributed by atoms with Gasteiger partial charge in [-0.05, 0) is 41.1 Å². The Morgan fingerprint density at radius 1 is 1.24 bits per heavy atom. The number of aliphatic hydroxyl groups is 1. The van der Waals surface area contributed by atoms with Crippen molar-refractivity contribution in [3.8, 4) is 5.75 Å². The lowest BCUT2D eigenvalue weighted by atomic mass is 10.0. The number of amides is 1. The van der Waals surface area contributed by atoms with Gasteiger partial charge < -0.3 is 19.5 Å². The fourth-order valence-electron chi connectivity index (χ4n) is 4.51. The first-order valence-corrected chi connectivity index (χ1v) is 13.3. The number of aliphatic hydroxyl groups excluding tert-OH is 1. The summed E-state index contributed by atoms with van der Waals surface area (Å²) in [4.78, 5) is 18.4. The summed E-state index contributed by atoms with van der Waals surface area (Å²) in [5.41, 5.74) is 2.11. The van der Waals surface area contributed by atoms with E-state index in [0.717, 1.165) is 17.5 Å². The minimum atomic E-state index is -0.742. The predicted molar refractivity (Wildman–Crippen MR) is 143 cm³/mol. The number of ether oxygens (including phenoxy) is 2. The van der Waals surface area contributed by atoms with E-state index in [4.69, 9.17) is 9.47 Å². The normalized spacial score (nSPS) is 15.9. The molecule has 1 amide bonds. The summed E-state index contributed by atoms with van der Waals surface area (Å²) in [6.07, 6.45) is 1.77. The van der Waals surface area contributed by atoms with Gasteiger partial charge in [0.05, 0.1) is 31.9 Å². The third-order valence-corrected chi connectivity index (χ3v) is 7.25. The van der Waals surface area contributed by atoms with Gasteiger partial charge >= 0.3 is 0 Å². The van der Waals surface area contributed by atoms with Crippen LogP contribution in [0.1, 0.15) is 22.0 Å². The number of thiophene rings is 1. The van der Waals surface area contributed by atoms with Crippen molar-refractivity contribution in [1.82, 2.24) is 9.80 Å². The molecule has 8 heteroatoms. The molecule has 2 atom stereocenters. The average molecular weight is 525 g/mol. The Kier molecular flexibility index (Phi) is 9.85. The lowest BCUT2D eigenvalue weighted by molar-refractivity contribution is -0.136. The Hall–Kier alpha value is -3.04.